The van der Waals surface area contributed by atoms with Crippen LogP contribution in [0.1, 0.15) is 35.1 Å². The van der Waals surface area contributed by atoms with E-state index >= 15 is 0 Å². The SMILES string of the molecule is Cc1nc(NC2CCc3c(F)cc(F)cc32)nc(-n2ccnc2C)c1[N+](=O)[O-]. The molecule has 144 valence electrons. The van der Waals surface area contributed by atoms with E-state index in [0.29, 0.717) is 29.8 Å². The number of hydrogen-bond acceptors (Lipinski definition) is 6. The zero-order valence-corrected chi connectivity index (χ0v) is 15.1. The topological polar surface area (TPSA) is 98.8 Å². The maximum Gasteiger partial charge on any atom is 0.333 e. The summed E-state index contributed by atoms with van der Waals surface area (Å²) in [5, 5.41) is 14.6. The summed E-state index contributed by atoms with van der Waals surface area (Å²) in [6.07, 6.45) is 4.08. The smallest absolute Gasteiger partial charge is 0.333 e. The molecule has 1 atom stereocenters. The van der Waals surface area contributed by atoms with E-state index in [1.807, 2.05) is 0 Å². The molecule has 4 rings (SSSR count). The van der Waals surface area contributed by atoms with Gasteiger partial charge in [0, 0.05) is 18.5 Å². The van der Waals surface area contributed by atoms with Gasteiger partial charge in [-0.25, -0.2) is 18.7 Å². The number of nitro groups is 1. The molecule has 0 fully saturated rings. The van der Waals surface area contributed by atoms with Gasteiger partial charge in [-0.15, -0.1) is 0 Å². The van der Waals surface area contributed by atoms with Gasteiger partial charge in [-0.05, 0) is 43.9 Å². The Kier molecular flexibility index (Phi) is 4.25. The van der Waals surface area contributed by atoms with Crippen LogP contribution in [0.3, 0.4) is 0 Å². The lowest BCUT2D eigenvalue weighted by molar-refractivity contribution is -0.385. The second-order valence-electron chi connectivity index (χ2n) is 6.60. The maximum atomic E-state index is 14.0. The first kappa shape index (κ1) is 18.0. The number of nitrogens with zero attached hydrogens (tertiary/aromatic N) is 5. The van der Waals surface area contributed by atoms with Crippen LogP contribution in [0.4, 0.5) is 20.4 Å². The summed E-state index contributed by atoms with van der Waals surface area (Å²) in [5.74, 6) is -0.467. The number of fused-ring (bicyclic) bond motifs is 1. The summed E-state index contributed by atoms with van der Waals surface area (Å²) in [6.45, 7) is 3.22. The Morgan fingerprint density at radius 2 is 2.07 bits per heavy atom. The predicted molar refractivity (Wildman–Crippen MR) is 96.3 cm³/mol. The molecule has 0 bridgehead atoms. The molecule has 0 radical (unpaired) electrons. The van der Waals surface area contributed by atoms with Gasteiger partial charge in [-0.2, -0.15) is 4.98 Å². The largest absolute Gasteiger partial charge is 0.347 e. The van der Waals surface area contributed by atoms with Crippen molar-refractivity contribution in [3.63, 3.8) is 0 Å². The summed E-state index contributed by atoms with van der Waals surface area (Å²) in [4.78, 5) is 23.6. The number of aryl methyl sites for hydroxylation is 2. The number of hydrogen-bond donors (Lipinski definition) is 1. The average molecular weight is 386 g/mol. The van der Waals surface area contributed by atoms with E-state index in [2.05, 4.69) is 20.3 Å². The van der Waals surface area contributed by atoms with Crippen LogP contribution in [0.2, 0.25) is 0 Å². The fourth-order valence-electron chi connectivity index (χ4n) is 3.55. The Morgan fingerprint density at radius 3 is 2.75 bits per heavy atom. The van der Waals surface area contributed by atoms with Crippen molar-refractivity contribution in [3.8, 4) is 5.82 Å². The Morgan fingerprint density at radius 1 is 1.29 bits per heavy atom. The van der Waals surface area contributed by atoms with Crippen LogP contribution in [0, 0.1) is 35.6 Å². The first-order valence-corrected chi connectivity index (χ1v) is 8.63. The molecule has 28 heavy (non-hydrogen) atoms. The van der Waals surface area contributed by atoms with Crippen LogP contribution in [-0.4, -0.2) is 24.4 Å². The number of benzene rings is 1. The third-order valence-corrected chi connectivity index (χ3v) is 4.83. The van der Waals surface area contributed by atoms with Crippen LogP contribution in [0.25, 0.3) is 5.82 Å². The van der Waals surface area contributed by atoms with E-state index in [4.69, 9.17) is 0 Å². The van der Waals surface area contributed by atoms with E-state index < -0.39 is 22.6 Å². The Hall–Kier alpha value is -3.43. The molecule has 1 aliphatic carbocycles. The van der Waals surface area contributed by atoms with E-state index in [9.17, 15) is 18.9 Å². The molecule has 0 amide bonds. The van der Waals surface area contributed by atoms with Gasteiger partial charge in [-0.1, -0.05) is 0 Å². The molecule has 0 spiro atoms. The Balaban J connectivity index is 1.76. The minimum Gasteiger partial charge on any atom is -0.347 e. The van der Waals surface area contributed by atoms with Crippen molar-refractivity contribution in [2.75, 3.05) is 5.32 Å². The Bertz CT molecular complexity index is 1100. The minimum absolute atomic E-state index is 0.0821. The minimum atomic E-state index is -0.652. The standard InChI is InChI=1S/C18H16F2N6O2/c1-9-16(26(27)28)17(25-6-5-21-10(25)2)24-18(22-9)23-15-4-3-12-13(15)7-11(19)8-14(12)20/h5-8,15H,3-4H2,1-2H3,(H,22,23,24). The van der Waals surface area contributed by atoms with Crippen LogP contribution >= 0.6 is 0 Å². The molecule has 1 unspecified atom stereocenters. The van der Waals surface area contributed by atoms with E-state index in [-0.39, 0.29) is 23.1 Å². The van der Waals surface area contributed by atoms with Crippen molar-refractivity contribution in [3.05, 3.63) is 68.9 Å². The van der Waals surface area contributed by atoms with Crippen LogP contribution in [-0.2, 0) is 6.42 Å². The maximum absolute atomic E-state index is 14.0. The lowest BCUT2D eigenvalue weighted by Crippen LogP contribution is -2.14. The lowest BCUT2D eigenvalue weighted by Gasteiger charge is -2.16. The molecule has 8 nitrogen and oxygen atoms in total. The van der Waals surface area contributed by atoms with Crippen molar-refractivity contribution in [1.29, 1.82) is 0 Å². The molecule has 1 aliphatic rings. The third-order valence-electron chi connectivity index (χ3n) is 4.83. The van der Waals surface area contributed by atoms with E-state index in [1.54, 1.807) is 13.1 Å². The van der Waals surface area contributed by atoms with E-state index in [0.717, 1.165) is 6.07 Å². The highest BCUT2D eigenvalue weighted by atomic mass is 19.1. The van der Waals surface area contributed by atoms with Gasteiger partial charge in [-0.3, -0.25) is 14.7 Å². The first-order chi connectivity index (χ1) is 13.3. The molecule has 1 aromatic carbocycles. The highest BCUT2D eigenvalue weighted by Crippen LogP contribution is 2.36. The molecule has 10 heteroatoms. The normalized spacial score (nSPS) is 15.5. The molecule has 0 aliphatic heterocycles. The summed E-state index contributed by atoms with van der Waals surface area (Å²) < 4.78 is 29.1. The number of anilines is 1. The van der Waals surface area contributed by atoms with Gasteiger partial charge >= 0.3 is 5.69 Å². The first-order valence-electron chi connectivity index (χ1n) is 8.63. The molecule has 2 aromatic heterocycles. The highest BCUT2D eigenvalue weighted by molar-refractivity contribution is 5.54. The second kappa shape index (κ2) is 6.63. The molecule has 0 saturated carbocycles. The summed E-state index contributed by atoms with van der Waals surface area (Å²) in [5.41, 5.74) is 0.922. The molecule has 0 saturated heterocycles. The number of rotatable bonds is 4. The monoisotopic (exact) mass is 386 g/mol. The fraction of sp³-hybridized carbons (Fsp3) is 0.278. The zero-order chi connectivity index (χ0) is 20.0. The fourth-order valence-corrected chi connectivity index (χ4v) is 3.55. The second-order valence-corrected chi connectivity index (χ2v) is 6.60. The van der Waals surface area contributed by atoms with E-state index in [1.165, 1.54) is 23.8 Å². The van der Waals surface area contributed by atoms with Gasteiger partial charge in [0.1, 0.15) is 23.2 Å². The van der Waals surface area contributed by atoms with Crippen molar-refractivity contribution >= 4 is 11.6 Å². The van der Waals surface area contributed by atoms with Gasteiger partial charge in [0.2, 0.25) is 11.8 Å². The molecular formula is C18H16F2N6O2. The van der Waals surface area contributed by atoms with Crippen LogP contribution in [0.15, 0.2) is 24.5 Å². The van der Waals surface area contributed by atoms with Crippen molar-refractivity contribution in [1.82, 2.24) is 19.5 Å². The zero-order valence-electron chi connectivity index (χ0n) is 15.1. The molecule has 3 aromatic rings. The van der Waals surface area contributed by atoms with Crippen molar-refractivity contribution in [2.24, 2.45) is 0 Å². The Labute approximate surface area is 158 Å². The van der Waals surface area contributed by atoms with Crippen molar-refractivity contribution in [2.45, 2.75) is 32.7 Å². The number of imidazole rings is 1. The molecular weight excluding hydrogens is 370 g/mol. The highest BCUT2D eigenvalue weighted by Gasteiger charge is 2.29. The van der Waals surface area contributed by atoms with Crippen LogP contribution < -0.4 is 5.32 Å². The number of halogens is 2. The quantitative estimate of drug-likeness (QED) is 0.544. The average Bonchev–Trinajstić information content (AvgIpc) is 3.20. The predicted octanol–water partition coefficient (Wildman–Crippen LogP) is 3.56. The molecule has 2 heterocycles. The van der Waals surface area contributed by atoms with Crippen LogP contribution in [0.5, 0.6) is 0 Å². The van der Waals surface area contributed by atoms with Gasteiger partial charge < -0.3 is 5.32 Å². The summed E-state index contributed by atoms with van der Waals surface area (Å²) >= 11 is 0. The van der Waals surface area contributed by atoms with Gasteiger partial charge in [0.05, 0.1) is 11.0 Å². The number of nitrogens with one attached hydrogen (secondary N) is 1. The third kappa shape index (κ3) is 2.96. The number of aromatic nitrogens is 4. The van der Waals surface area contributed by atoms with Crippen molar-refractivity contribution < 1.29 is 13.7 Å². The summed E-state index contributed by atoms with van der Waals surface area (Å²) in [7, 11) is 0. The van der Waals surface area contributed by atoms with Gasteiger partial charge in [0.25, 0.3) is 0 Å². The lowest BCUT2D eigenvalue weighted by atomic mass is 10.1. The summed E-state index contributed by atoms with van der Waals surface area (Å²) in [6, 6.07) is 1.77. The molecule has 1 N–H and O–H groups in total. The van der Waals surface area contributed by atoms with Gasteiger partial charge in [0.15, 0.2) is 0 Å².